The molecule has 1 aromatic carbocycles. The zero-order chi connectivity index (χ0) is 17.2. The van der Waals surface area contributed by atoms with Crippen LogP contribution in [0.1, 0.15) is 49.9 Å². The molecule has 0 radical (unpaired) electrons. The van der Waals surface area contributed by atoms with Crippen LogP contribution in [-0.4, -0.2) is 39.9 Å². The van der Waals surface area contributed by atoms with Crippen LogP contribution in [0, 0.1) is 12.8 Å². The summed E-state index contributed by atoms with van der Waals surface area (Å²) in [4.78, 5) is 23.0. The number of aryl methyl sites for hydroxylation is 1. The van der Waals surface area contributed by atoms with E-state index in [4.69, 9.17) is 4.98 Å². The van der Waals surface area contributed by atoms with E-state index in [0.717, 1.165) is 62.2 Å². The van der Waals surface area contributed by atoms with Crippen LogP contribution in [0.4, 0.5) is 0 Å². The number of piperidine rings is 1. The highest BCUT2D eigenvalue weighted by Crippen LogP contribution is 2.22. The van der Waals surface area contributed by atoms with E-state index in [-0.39, 0.29) is 11.8 Å². The molecule has 2 heterocycles. The van der Waals surface area contributed by atoms with Crippen molar-refractivity contribution in [3.63, 3.8) is 0 Å². The highest BCUT2D eigenvalue weighted by Gasteiger charge is 2.27. The van der Waals surface area contributed by atoms with Crippen molar-refractivity contribution in [1.29, 1.82) is 0 Å². The van der Waals surface area contributed by atoms with Gasteiger partial charge in [-0.25, -0.2) is 4.98 Å². The monoisotopic (exact) mass is 340 g/mol. The first-order valence-corrected chi connectivity index (χ1v) is 9.65. The first-order chi connectivity index (χ1) is 12.2. The van der Waals surface area contributed by atoms with Crippen LogP contribution < -0.4 is 5.32 Å². The molecule has 2 N–H and O–H groups in total. The molecule has 5 heteroatoms. The van der Waals surface area contributed by atoms with E-state index in [1.807, 2.05) is 0 Å². The number of benzene rings is 1. The highest BCUT2D eigenvalue weighted by molar-refractivity contribution is 5.79. The van der Waals surface area contributed by atoms with Crippen LogP contribution in [0.25, 0.3) is 11.0 Å². The average molecular weight is 340 g/mol. The van der Waals surface area contributed by atoms with Gasteiger partial charge in [-0.2, -0.15) is 0 Å². The molecule has 0 spiro atoms. The van der Waals surface area contributed by atoms with Crippen molar-refractivity contribution in [3.8, 4) is 0 Å². The van der Waals surface area contributed by atoms with Gasteiger partial charge < -0.3 is 10.3 Å². The third-order valence-electron chi connectivity index (χ3n) is 5.72. The number of H-pyrrole nitrogens is 1. The molecule has 2 fully saturated rings. The molecule has 134 valence electrons. The Kier molecular flexibility index (Phi) is 4.75. The molecule has 1 aliphatic carbocycles. The van der Waals surface area contributed by atoms with Gasteiger partial charge in [0.15, 0.2) is 0 Å². The van der Waals surface area contributed by atoms with Gasteiger partial charge in [0.2, 0.25) is 5.91 Å². The van der Waals surface area contributed by atoms with E-state index >= 15 is 0 Å². The minimum Gasteiger partial charge on any atom is -0.353 e. The molecule has 1 aromatic heterocycles. The van der Waals surface area contributed by atoms with Crippen LogP contribution in [-0.2, 0) is 11.3 Å². The van der Waals surface area contributed by atoms with Crippen LogP contribution in [0.15, 0.2) is 18.2 Å². The van der Waals surface area contributed by atoms with Gasteiger partial charge in [0.25, 0.3) is 0 Å². The molecular formula is C20H28N4O. The molecular weight excluding hydrogens is 312 g/mol. The van der Waals surface area contributed by atoms with Gasteiger partial charge in [-0.3, -0.25) is 9.69 Å². The number of amides is 1. The molecule has 1 aliphatic heterocycles. The zero-order valence-corrected chi connectivity index (χ0v) is 15.1. The molecule has 0 atom stereocenters. The predicted octanol–water partition coefficient (Wildman–Crippen LogP) is 3.14. The van der Waals surface area contributed by atoms with Crippen molar-refractivity contribution in [3.05, 3.63) is 29.6 Å². The van der Waals surface area contributed by atoms with Gasteiger partial charge in [-0.15, -0.1) is 0 Å². The lowest BCUT2D eigenvalue weighted by atomic mass is 9.95. The van der Waals surface area contributed by atoms with Gasteiger partial charge in [0.05, 0.1) is 17.6 Å². The molecule has 1 amide bonds. The standard InChI is InChI=1S/C20H28N4O/c1-14-6-7-17-18(12-14)23-19(22-17)13-24-10-8-15(9-11-24)20(25)21-16-4-2-3-5-16/h6-7,12,15-16H,2-5,8-11,13H2,1H3,(H,21,25)(H,22,23). The van der Waals surface area contributed by atoms with E-state index in [0.29, 0.717) is 6.04 Å². The highest BCUT2D eigenvalue weighted by atomic mass is 16.1. The number of likely N-dealkylation sites (tertiary alicyclic amines) is 1. The van der Waals surface area contributed by atoms with Crippen molar-refractivity contribution in [2.24, 2.45) is 5.92 Å². The molecule has 5 nitrogen and oxygen atoms in total. The predicted molar refractivity (Wildman–Crippen MR) is 99.2 cm³/mol. The summed E-state index contributed by atoms with van der Waals surface area (Å²) < 4.78 is 0. The Morgan fingerprint density at radius 1 is 1.24 bits per heavy atom. The van der Waals surface area contributed by atoms with E-state index in [1.165, 1.54) is 18.4 Å². The fraction of sp³-hybridized carbons (Fsp3) is 0.600. The largest absolute Gasteiger partial charge is 0.353 e. The summed E-state index contributed by atoms with van der Waals surface area (Å²) in [6.07, 6.45) is 6.77. The van der Waals surface area contributed by atoms with Crippen LogP contribution in [0.5, 0.6) is 0 Å². The molecule has 0 bridgehead atoms. The number of nitrogens with zero attached hydrogens (tertiary/aromatic N) is 2. The number of hydrogen-bond acceptors (Lipinski definition) is 3. The number of fused-ring (bicyclic) bond motifs is 1. The number of carbonyl (C=O) groups is 1. The van der Waals surface area contributed by atoms with E-state index < -0.39 is 0 Å². The Balaban J connectivity index is 1.29. The lowest BCUT2D eigenvalue weighted by Gasteiger charge is -2.31. The lowest BCUT2D eigenvalue weighted by Crippen LogP contribution is -2.43. The lowest BCUT2D eigenvalue weighted by molar-refractivity contribution is -0.127. The van der Waals surface area contributed by atoms with Gasteiger partial charge in [0.1, 0.15) is 5.82 Å². The van der Waals surface area contributed by atoms with E-state index in [9.17, 15) is 4.79 Å². The number of carbonyl (C=O) groups excluding carboxylic acids is 1. The van der Waals surface area contributed by atoms with Crippen LogP contribution in [0.2, 0.25) is 0 Å². The second-order valence-corrected chi connectivity index (χ2v) is 7.74. The van der Waals surface area contributed by atoms with Gasteiger partial charge in [-0.05, 0) is 63.4 Å². The number of rotatable bonds is 4. The van der Waals surface area contributed by atoms with Crippen LogP contribution >= 0.6 is 0 Å². The number of aromatic amines is 1. The second-order valence-electron chi connectivity index (χ2n) is 7.74. The zero-order valence-electron chi connectivity index (χ0n) is 15.1. The maximum atomic E-state index is 12.4. The van der Waals surface area contributed by atoms with Crippen molar-refractivity contribution >= 4 is 16.9 Å². The Hall–Kier alpha value is -1.88. The summed E-state index contributed by atoms with van der Waals surface area (Å²) in [6.45, 7) is 4.88. The van der Waals surface area contributed by atoms with Gasteiger partial charge in [-0.1, -0.05) is 18.9 Å². The van der Waals surface area contributed by atoms with Gasteiger partial charge in [0, 0.05) is 12.0 Å². The summed E-state index contributed by atoms with van der Waals surface area (Å²) in [7, 11) is 0. The number of hydrogen-bond donors (Lipinski definition) is 2. The minimum absolute atomic E-state index is 0.190. The van der Waals surface area contributed by atoms with Crippen molar-refractivity contribution in [2.45, 2.75) is 58.0 Å². The van der Waals surface area contributed by atoms with E-state index in [2.05, 4.69) is 40.3 Å². The Morgan fingerprint density at radius 2 is 2.00 bits per heavy atom. The second kappa shape index (κ2) is 7.16. The fourth-order valence-electron chi connectivity index (χ4n) is 4.21. The van der Waals surface area contributed by atoms with Crippen molar-refractivity contribution < 1.29 is 4.79 Å². The molecule has 4 rings (SSSR count). The summed E-state index contributed by atoms with van der Waals surface area (Å²) in [6, 6.07) is 6.75. The maximum absolute atomic E-state index is 12.4. The van der Waals surface area contributed by atoms with Crippen molar-refractivity contribution in [1.82, 2.24) is 20.2 Å². The normalized spacial score (nSPS) is 20.4. The molecule has 2 aromatic rings. The third-order valence-corrected chi connectivity index (χ3v) is 5.72. The molecule has 1 saturated carbocycles. The maximum Gasteiger partial charge on any atom is 0.223 e. The minimum atomic E-state index is 0.190. The summed E-state index contributed by atoms with van der Waals surface area (Å²) >= 11 is 0. The summed E-state index contributed by atoms with van der Waals surface area (Å²) in [5.41, 5.74) is 3.39. The first-order valence-electron chi connectivity index (χ1n) is 9.65. The summed E-state index contributed by atoms with van der Waals surface area (Å²) in [5.74, 6) is 1.50. The quantitative estimate of drug-likeness (QED) is 0.899. The molecule has 0 unspecified atom stereocenters. The Bertz CT molecular complexity index is 739. The van der Waals surface area contributed by atoms with Crippen LogP contribution in [0.3, 0.4) is 0 Å². The Labute approximate surface area is 149 Å². The number of imidazole rings is 1. The van der Waals surface area contributed by atoms with Crippen molar-refractivity contribution in [2.75, 3.05) is 13.1 Å². The average Bonchev–Trinajstić information content (AvgIpc) is 3.24. The van der Waals surface area contributed by atoms with Gasteiger partial charge >= 0.3 is 0 Å². The summed E-state index contributed by atoms with van der Waals surface area (Å²) in [5, 5.41) is 3.26. The molecule has 2 aliphatic rings. The molecule has 25 heavy (non-hydrogen) atoms. The Morgan fingerprint density at radius 3 is 2.76 bits per heavy atom. The fourth-order valence-corrected chi connectivity index (χ4v) is 4.21. The number of nitrogens with one attached hydrogen (secondary N) is 2. The smallest absolute Gasteiger partial charge is 0.223 e. The SMILES string of the molecule is Cc1ccc2nc(CN3CCC(C(=O)NC4CCCC4)CC3)[nH]c2c1. The molecule has 1 saturated heterocycles. The number of aromatic nitrogens is 2. The van der Waals surface area contributed by atoms with E-state index in [1.54, 1.807) is 0 Å². The third kappa shape index (κ3) is 3.87. The first kappa shape index (κ1) is 16.6. The topological polar surface area (TPSA) is 61.0 Å².